The molecule has 1 amide bonds. The van der Waals surface area contributed by atoms with Crippen molar-refractivity contribution in [2.45, 2.75) is 40.2 Å². The second-order valence-electron chi connectivity index (χ2n) is 7.99. The first-order valence-corrected chi connectivity index (χ1v) is 11.2. The lowest BCUT2D eigenvalue weighted by Gasteiger charge is -2.31. The van der Waals surface area contributed by atoms with Crippen LogP contribution in [0.15, 0.2) is 24.3 Å². The van der Waals surface area contributed by atoms with Crippen molar-refractivity contribution in [1.82, 2.24) is 15.3 Å². The molecule has 158 valence electrons. The zero-order valence-electron chi connectivity index (χ0n) is 18.0. The minimum atomic E-state index is -0.0859. The van der Waals surface area contributed by atoms with E-state index in [2.05, 4.69) is 22.1 Å². The Kier molecular flexibility index (Phi) is 5.90. The number of aryl methyl sites for hydroxylation is 2. The summed E-state index contributed by atoms with van der Waals surface area (Å²) in [6.07, 6.45) is 2.33. The molecule has 0 radical (unpaired) electrons. The van der Waals surface area contributed by atoms with Gasteiger partial charge in [0.1, 0.15) is 22.2 Å². The summed E-state index contributed by atoms with van der Waals surface area (Å²) in [6, 6.07) is 7.72. The van der Waals surface area contributed by atoms with Crippen LogP contribution in [0.2, 0.25) is 0 Å². The molecule has 1 saturated heterocycles. The lowest BCUT2D eigenvalue weighted by atomic mass is 9.99. The number of rotatable bonds is 5. The Morgan fingerprint density at radius 2 is 1.97 bits per heavy atom. The van der Waals surface area contributed by atoms with E-state index in [1.165, 1.54) is 24.2 Å². The third-order valence-electron chi connectivity index (χ3n) is 5.80. The van der Waals surface area contributed by atoms with Crippen molar-refractivity contribution in [2.24, 2.45) is 5.92 Å². The molecule has 1 aliphatic heterocycles. The van der Waals surface area contributed by atoms with Gasteiger partial charge in [-0.05, 0) is 44.2 Å². The number of hydrogen-bond acceptors (Lipinski definition) is 6. The minimum absolute atomic E-state index is 0.0859. The van der Waals surface area contributed by atoms with E-state index in [0.29, 0.717) is 11.4 Å². The fourth-order valence-electron chi connectivity index (χ4n) is 3.99. The van der Waals surface area contributed by atoms with Gasteiger partial charge in [-0.3, -0.25) is 4.79 Å². The number of carbonyl (C=O) groups is 1. The number of thiophene rings is 1. The number of piperidine rings is 1. The molecule has 1 aromatic carbocycles. The van der Waals surface area contributed by atoms with Crippen molar-refractivity contribution >= 4 is 33.3 Å². The highest BCUT2D eigenvalue weighted by Crippen LogP contribution is 2.36. The van der Waals surface area contributed by atoms with Gasteiger partial charge in [0, 0.05) is 25.2 Å². The molecule has 4 rings (SSSR count). The van der Waals surface area contributed by atoms with Crippen LogP contribution in [0.25, 0.3) is 10.2 Å². The van der Waals surface area contributed by atoms with Gasteiger partial charge in [-0.2, -0.15) is 0 Å². The first kappa shape index (κ1) is 20.6. The van der Waals surface area contributed by atoms with Crippen LogP contribution < -0.4 is 15.0 Å². The van der Waals surface area contributed by atoms with Crippen LogP contribution in [0.1, 0.15) is 46.4 Å². The second-order valence-corrected chi connectivity index (χ2v) is 8.99. The SMILES string of the molecule is COc1ccccc1CNC(=O)c1sc2nc(C)nc(N3CCC(C)CC3)c2c1C. The highest BCUT2D eigenvalue weighted by molar-refractivity contribution is 7.20. The van der Waals surface area contributed by atoms with Crippen molar-refractivity contribution in [3.05, 3.63) is 46.1 Å². The molecular formula is C23H28N4O2S. The van der Waals surface area contributed by atoms with E-state index in [4.69, 9.17) is 9.72 Å². The van der Waals surface area contributed by atoms with E-state index in [9.17, 15) is 4.79 Å². The fourth-order valence-corrected chi connectivity index (χ4v) is 5.13. The summed E-state index contributed by atoms with van der Waals surface area (Å²) < 4.78 is 5.39. The predicted octanol–water partition coefficient (Wildman–Crippen LogP) is 4.48. The number of hydrogen-bond donors (Lipinski definition) is 1. The number of aromatic nitrogens is 2. The van der Waals surface area contributed by atoms with Crippen LogP contribution in [0.4, 0.5) is 5.82 Å². The van der Waals surface area contributed by atoms with Gasteiger partial charge in [-0.15, -0.1) is 11.3 Å². The maximum Gasteiger partial charge on any atom is 0.261 e. The summed E-state index contributed by atoms with van der Waals surface area (Å²) in [5.41, 5.74) is 1.91. The van der Waals surface area contributed by atoms with Crippen molar-refractivity contribution in [1.29, 1.82) is 0 Å². The van der Waals surface area contributed by atoms with E-state index in [1.54, 1.807) is 7.11 Å². The van der Waals surface area contributed by atoms with Crippen LogP contribution >= 0.6 is 11.3 Å². The Morgan fingerprint density at radius 1 is 1.23 bits per heavy atom. The number of anilines is 1. The Labute approximate surface area is 181 Å². The van der Waals surface area contributed by atoms with E-state index in [-0.39, 0.29) is 5.91 Å². The molecule has 7 heteroatoms. The number of benzene rings is 1. The summed E-state index contributed by atoms with van der Waals surface area (Å²) in [5.74, 6) is 3.16. The van der Waals surface area contributed by atoms with Gasteiger partial charge < -0.3 is 15.0 Å². The predicted molar refractivity (Wildman–Crippen MR) is 122 cm³/mol. The second kappa shape index (κ2) is 8.60. The van der Waals surface area contributed by atoms with Crippen LogP contribution in [-0.4, -0.2) is 36.1 Å². The van der Waals surface area contributed by atoms with Gasteiger partial charge in [0.15, 0.2) is 0 Å². The maximum atomic E-state index is 13.0. The normalized spacial score (nSPS) is 14.9. The van der Waals surface area contributed by atoms with Gasteiger partial charge >= 0.3 is 0 Å². The Hall–Kier alpha value is -2.67. The van der Waals surface area contributed by atoms with Gasteiger partial charge in [0.2, 0.25) is 0 Å². The van der Waals surface area contributed by atoms with Crippen molar-refractivity contribution in [3.8, 4) is 5.75 Å². The molecule has 0 bridgehead atoms. The molecule has 2 aromatic heterocycles. The van der Waals surface area contributed by atoms with Crippen molar-refractivity contribution < 1.29 is 9.53 Å². The Morgan fingerprint density at radius 3 is 2.70 bits per heavy atom. The van der Waals surface area contributed by atoms with Gasteiger partial charge in [-0.25, -0.2) is 9.97 Å². The summed E-state index contributed by atoms with van der Waals surface area (Å²) in [4.78, 5) is 26.4. The number of nitrogens with one attached hydrogen (secondary N) is 1. The average Bonchev–Trinajstić information content (AvgIpc) is 3.08. The summed E-state index contributed by atoms with van der Waals surface area (Å²) in [7, 11) is 1.64. The highest BCUT2D eigenvalue weighted by atomic mass is 32.1. The third kappa shape index (κ3) is 3.99. The van der Waals surface area contributed by atoms with Crippen molar-refractivity contribution in [2.75, 3.05) is 25.1 Å². The Bertz CT molecular complexity index is 1070. The molecule has 0 aliphatic carbocycles. The quantitative estimate of drug-likeness (QED) is 0.654. The largest absolute Gasteiger partial charge is 0.496 e. The number of fused-ring (bicyclic) bond motifs is 1. The molecule has 0 atom stereocenters. The van der Waals surface area contributed by atoms with E-state index < -0.39 is 0 Å². The zero-order valence-corrected chi connectivity index (χ0v) is 18.8. The number of methoxy groups -OCH3 is 1. The molecule has 1 fully saturated rings. The van der Waals surface area contributed by atoms with Gasteiger partial charge in [0.05, 0.1) is 17.4 Å². The fraction of sp³-hybridized carbons (Fsp3) is 0.435. The van der Waals surface area contributed by atoms with Crippen molar-refractivity contribution in [3.63, 3.8) is 0 Å². The number of amides is 1. The summed E-state index contributed by atoms with van der Waals surface area (Å²) in [6.45, 7) is 8.64. The molecule has 0 saturated carbocycles. The van der Waals surface area contributed by atoms with Gasteiger partial charge in [-0.1, -0.05) is 25.1 Å². The first-order chi connectivity index (χ1) is 14.5. The van der Waals surface area contributed by atoms with Crippen LogP contribution in [0, 0.1) is 19.8 Å². The number of para-hydroxylation sites is 1. The first-order valence-electron chi connectivity index (χ1n) is 10.4. The molecule has 0 spiro atoms. The molecule has 6 nitrogen and oxygen atoms in total. The number of nitrogens with zero attached hydrogens (tertiary/aromatic N) is 3. The molecule has 3 aromatic rings. The molecule has 30 heavy (non-hydrogen) atoms. The number of ether oxygens (including phenoxy) is 1. The van der Waals surface area contributed by atoms with Crippen LogP contribution in [-0.2, 0) is 6.54 Å². The summed E-state index contributed by atoms with van der Waals surface area (Å²) >= 11 is 1.45. The van der Waals surface area contributed by atoms with Crippen LogP contribution in [0.3, 0.4) is 0 Å². The highest BCUT2D eigenvalue weighted by Gasteiger charge is 2.25. The van der Waals surface area contributed by atoms with E-state index >= 15 is 0 Å². The van der Waals surface area contributed by atoms with Gasteiger partial charge in [0.25, 0.3) is 5.91 Å². The molecule has 1 N–H and O–H groups in total. The van der Waals surface area contributed by atoms with E-state index in [0.717, 1.165) is 57.7 Å². The topological polar surface area (TPSA) is 67.3 Å². The Balaban J connectivity index is 1.63. The van der Waals surface area contributed by atoms with E-state index in [1.807, 2.05) is 38.1 Å². The monoisotopic (exact) mass is 424 g/mol. The standard InChI is InChI=1S/C23H28N4O2S/c1-14-9-11-27(12-10-14)21-19-15(2)20(30-23(19)26-16(3)25-21)22(28)24-13-17-7-5-6-8-18(17)29-4/h5-8,14H,9-13H2,1-4H3,(H,24,28). The number of carbonyl (C=O) groups excluding carboxylic acids is 1. The zero-order chi connectivity index (χ0) is 21.3. The molecule has 0 unspecified atom stereocenters. The molecule has 1 aliphatic rings. The average molecular weight is 425 g/mol. The maximum absolute atomic E-state index is 13.0. The lowest BCUT2D eigenvalue weighted by Crippen LogP contribution is -2.33. The van der Waals surface area contributed by atoms with Crippen LogP contribution in [0.5, 0.6) is 5.75 Å². The minimum Gasteiger partial charge on any atom is -0.496 e. The smallest absolute Gasteiger partial charge is 0.261 e. The molecule has 3 heterocycles. The summed E-state index contributed by atoms with van der Waals surface area (Å²) in [5, 5.41) is 4.06. The molecular weight excluding hydrogens is 396 g/mol. The lowest BCUT2D eigenvalue weighted by molar-refractivity contribution is 0.0954. The third-order valence-corrected chi connectivity index (χ3v) is 6.99.